The van der Waals surface area contributed by atoms with E-state index < -0.39 is 0 Å². The van der Waals surface area contributed by atoms with Gasteiger partial charge in [0.1, 0.15) is 5.70 Å². The van der Waals surface area contributed by atoms with Gasteiger partial charge in [0.25, 0.3) is 5.91 Å². The molecule has 2 N–H and O–H groups in total. The van der Waals surface area contributed by atoms with Gasteiger partial charge in [-0.2, -0.15) is 4.68 Å². The Kier molecular flexibility index (Phi) is 6.73. The Morgan fingerprint density at radius 2 is 1.84 bits per heavy atom. The minimum atomic E-state index is -0.389. The van der Waals surface area contributed by atoms with Crippen molar-refractivity contribution in [2.24, 2.45) is 0 Å². The van der Waals surface area contributed by atoms with Gasteiger partial charge in [0.2, 0.25) is 5.91 Å². The number of aromatic nitrogens is 5. The molecule has 0 spiro atoms. The maximum atomic E-state index is 13.1. The largest absolute Gasteiger partial charge is 0.350 e. The second kappa shape index (κ2) is 10.2. The van der Waals surface area contributed by atoms with Crippen LogP contribution in [0.25, 0.3) is 23.2 Å². The number of thiophene rings is 1. The predicted octanol–water partition coefficient (Wildman–Crippen LogP) is 2.94. The summed E-state index contributed by atoms with van der Waals surface area (Å²) in [6.45, 7) is 0.153. The molecular weight excluding hydrogens is 426 g/mol. The quantitative estimate of drug-likeness (QED) is 0.403. The summed E-state index contributed by atoms with van der Waals surface area (Å²) < 4.78 is 1.40. The number of carbonyl (C=O) groups excluding carboxylic acids is 2. The third-order valence-corrected chi connectivity index (χ3v) is 5.21. The van der Waals surface area contributed by atoms with Crippen LogP contribution in [0, 0.1) is 0 Å². The second-order valence-corrected chi connectivity index (χ2v) is 7.59. The summed E-state index contributed by atoms with van der Waals surface area (Å²) >= 11 is 1.49. The van der Waals surface area contributed by atoms with Crippen LogP contribution in [0.1, 0.15) is 11.3 Å². The van der Waals surface area contributed by atoms with E-state index in [0.29, 0.717) is 11.5 Å². The van der Waals surface area contributed by atoms with Gasteiger partial charge in [0.05, 0.1) is 0 Å². The van der Waals surface area contributed by atoms with Crippen molar-refractivity contribution in [3.05, 3.63) is 77.2 Å². The molecule has 3 heterocycles. The Balaban J connectivity index is 1.49. The van der Waals surface area contributed by atoms with E-state index in [9.17, 15) is 9.59 Å². The van der Waals surface area contributed by atoms with Crippen LogP contribution in [-0.2, 0) is 9.59 Å². The molecule has 0 aliphatic carbocycles. The molecule has 2 amide bonds. The van der Waals surface area contributed by atoms with Gasteiger partial charge in [-0.05, 0) is 40.1 Å². The smallest absolute Gasteiger partial charge is 0.270 e. The molecule has 4 rings (SSSR count). The highest BCUT2D eigenvalue weighted by molar-refractivity contribution is 7.10. The Morgan fingerprint density at radius 1 is 1.03 bits per heavy atom. The summed E-state index contributed by atoms with van der Waals surface area (Å²) in [5.74, 6) is -0.161. The zero-order chi connectivity index (χ0) is 22.2. The summed E-state index contributed by atoms with van der Waals surface area (Å²) in [7, 11) is 0. The summed E-state index contributed by atoms with van der Waals surface area (Å²) in [6, 6.07) is 16.6. The van der Waals surface area contributed by atoms with Gasteiger partial charge >= 0.3 is 0 Å². The number of benzene rings is 1. The lowest BCUT2D eigenvalue weighted by Crippen LogP contribution is -2.30. The summed E-state index contributed by atoms with van der Waals surface area (Å²) in [5, 5.41) is 19.4. The van der Waals surface area contributed by atoms with Crippen molar-refractivity contribution in [2.75, 3.05) is 11.9 Å². The van der Waals surface area contributed by atoms with Crippen LogP contribution in [0.3, 0.4) is 0 Å². The van der Waals surface area contributed by atoms with Crippen molar-refractivity contribution >= 4 is 40.6 Å². The second-order valence-electron chi connectivity index (χ2n) is 6.62. The zero-order valence-corrected chi connectivity index (χ0v) is 17.7. The van der Waals surface area contributed by atoms with Crippen LogP contribution in [0.2, 0.25) is 0 Å². The maximum absolute atomic E-state index is 13.1. The molecule has 0 bridgehead atoms. The molecule has 0 fully saturated rings. The molecule has 9 nitrogen and oxygen atoms in total. The first-order valence-electron chi connectivity index (χ1n) is 9.78. The predicted molar refractivity (Wildman–Crippen MR) is 122 cm³/mol. The van der Waals surface area contributed by atoms with Crippen LogP contribution in [0.5, 0.6) is 0 Å². The van der Waals surface area contributed by atoms with Gasteiger partial charge in [-0.15, -0.1) is 16.4 Å². The monoisotopic (exact) mass is 445 g/mol. The minimum Gasteiger partial charge on any atom is -0.350 e. The topological polar surface area (TPSA) is 115 Å². The Bertz CT molecular complexity index is 1210. The van der Waals surface area contributed by atoms with Crippen molar-refractivity contribution in [2.45, 2.75) is 6.42 Å². The molecule has 0 saturated heterocycles. The molecular formula is C22H19N7O2S. The van der Waals surface area contributed by atoms with Gasteiger partial charge in [-0.3, -0.25) is 14.6 Å². The third kappa shape index (κ3) is 5.29. The lowest BCUT2D eigenvalue weighted by molar-refractivity contribution is -0.117. The SMILES string of the molecule is O=C(CCNC(=O)/C(=C\c1cccs1)n1nnnc1-c1ccccc1)Nc1ccncc1. The highest BCUT2D eigenvalue weighted by Gasteiger charge is 2.19. The molecule has 3 aromatic heterocycles. The van der Waals surface area contributed by atoms with Gasteiger partial charge in [0, 0.05) is 41.5 Å². The van der Waals surface area contributed by atoms with Crippen LogP contribution >= 0.6 is 11.3 Å². The fraction of sp³-hybridized carbons (Fsp3) is 0.0909. The molecule has 0 atom stereocenters. The van der Waals surface area contributed by atoms with E-state index in [4.69, 9.17) is 0 Å². The van der Waals surface area contributed by atoms with Gasteiger partial charge in [-0.25, -0.2) is 0 Å². The zero-order valence-electron chi connectivity index (χ0n) is 16.9. The summed E-state index contributed by atoms with van der Waals surface area (Å²) in [6.07, 6.45) is 5.02. The average Bonchev–Trinajstić information content (AvgIpc) is 3.51. The van der Waals surface area contributed by atoms with Crippen molar-refractivity contribution in [1.82, 2.24) is 30.5 Å². The van der Waals surface area contributed by atoms with E-state index in [2.05, 4.69) is 31.1 Å². The number of nitrogens with one attached hydrogen (secondary N) is 2. The molecule has 4 aromatic rings. The first-order chi connectivity index (χ1) is 15.7. The third-order valence-electron chi connectivity index (χ3n) is 4.39. The molecule has 0 unspecified atom stereocenters. The summed E-state index contributed by atoms with van der Waals surface area (Å²) in [5.41, 5.74) is 1.68. The van der Waals surface area contributed by atoms with Gasteiger partial charge in [0.15, 0.2) is 5.82 Å². The number of amides is 2. The average molecular weight is 446 g/mol. The molecule has 0 radical (unpaired) electrons. The van der Waals surface area contributed by atoms with E-state index in [1.807, 2.05) is 47.8 Å². The van der Waals surface area contributed by atoms with Gasteiger partial charge < -0.3 is 10.6 Å². The fourth-order valence-electron chi connectivity index (χ4n) is 2.89. The van der Waals surface area contributed by atoms with Crippen molar-refractivity contribution in [3.63, 3.8) is 0 Å². The lowest BCUT2D eigenvalue weighted by atomic mass is 10.2. The van der Waals surface area contributed by atoms with Crippen LogP contribution in [0.15, 0.2) is 72.4 Å². The molecule has 32 heavy (non-hydrogen) atoms. The number of hydrogen-bond donors (Lipinski definition) is 2. The maximum Gasteiger partial charge on any atom is 0.270 e. The molecule has 0 saturated carbocycles. The number of pyridine rings is 1. The van der Waals surface area contributed by atoms with E-state index in [-0.39, 0.29) is 30.5 Å². The van der Waals surface area contributed by atoms with E-state index >= 15 is 0 Å². The lowest BCUT2D eigenvalue weighted by Gasteiger charge is -2.11. The first-order valence-corrected chi connectivity index (χ1v) is 10.7. The van der Waals surface area contributed by atoms with Crippen molar-refractivity contribution < 1.29 is 9.59 Å². The van der Waals surface area contributed by atoms with Gasteiger partial charge in [-0.1, -0.05) is 36.4 Å². The van der Waals surface area contributed by atoms with Crippen LogP contribution in [-0.4, -0.2) is 43.6 Å². The van der Waals surface area contributed by atoms with Crippen molar-refractivity contribution in [1.29, 1.82) is 0 Å². The standard InChI is InChI=1S/C22H19N7O2S/c30-20(25-17-8-11-23-12-9-17)10-13-24-22(31)19(15-18-7-4-14-32-18)29-21(26-27-28-29)16-5-2-1-3-6-16/h1-9,11-12,14-15H,10,13H2,(H,24,31)(H,23,25,30)/b19-15+. The number of tetrazole rings is 1. The Morgan fingerprint density at radius 3 is 2.59 bits per heavy atom. The molecule has 10 heteroatoms. The minimum absolute atomic E-state index is 0.113. The number of anilines is 1. The number of hydrogen-bond acceptors (Lipinski definition) is 7. The number of nitrogens with zero attached hydrogens (tertiary/aromatic N) is 5. The van der Waals surface area contributed by atoms with E-state index in [0.717, 1.165) is 10.4 Å². The first kappa shape index (κ1) is 21.1. The van der Waals surface area contributed by atoms with Crippen LogP contribution in [0.4, 0.5) is 5.69 Å². The number of rotatable bonds is 8. The normalized spacial score (nSPS) is 11.2. The van der Waals surface area contributed by atoms with Crippen LogP contribution < -0.4 is 10.6 Å². The summed E-state index contributed by atoms with van der Waals surface area (Å²) in [4.78, 5) is 30.0. The highest BCUT2D eigenvalue weighted by atomic mass is 32.1. The highest BCUT2D eigenvalue weighted by Crippen LogP contribution is 2.21. The fourth-order valence-corrected chi connectivity index (χ4v) is 3.54. The Hall–Kier alpha value is -4.18. The number of carbonyl (C=O) groups is 2. The van der Waals surface area contributed by atoms with E-state index in [1.165, 1.54) is 16.0 Å². The van der Waals surface area contributed by atoms with Crippen molar-refractivity contribution in [3.8, 4) is 11.4 Å². The molecule has 0 aliphatic heterocycles. The molecule has 1 aromatic carbocycles. The molecule has 0 aliphatic rings. The van der Waals surface area contributed by atoms with E-state index in [1.54, 1.807) is 30.6 Å². The molecule has 160 valence electrons. The Labute approximate surface area is 187 Å².